The van der Waals surface area contributed by atoms with Crippen molar-refractivity contribution >= 4 is 11.2 Å². The molecule has 98 valence electrons. The van der Waals surface area contributed by atoms with Crippen molar-refractivity contribution in [3.05, 3.63) is 36.5 Å². The van der Waals surface area contributed by atoms with E-state index in [1.165, 1.54) is 6.07 Å². The van der Waals surface area contributed by atoms with Gasteiger partial charge in [0.25, 0.3) is 0 Å². The number of pyridine rings is 1. The fraction of sp³-hybridized carbons (Fsp3) is 0.0667. The second-order valence-electron chi connectivity index (χ2n) is 4.13. The summed E-state index contributed by atoms with van der Waals surface area (Å²) >= 11 is 0. The van der Waals surface area contributed by atoms with Crippen LogP contribution in [0.25, 0.3) is 22.6 Å². The molecule has 0 atom stereocenters. The van der Waals surface area contributed by atoms with E-state index in [2.05, 4.69) is 20.9 Å². The van der Waals surface area contributed by atoms with E-state index in [0.717, 1.165) is 11.1 Å². The molecule has 0 unspecified atom stereocenters. The average Bonchev–Trinajstić information content (AvgIpc) is 2.88. The van der Waals surface area contributed by atoms with Crippen LogP contribution in [0.2, 0.25) is 0 Å². The molecular weight excluding hydrogens is 254 g/mol. The number of aromatic nitrogens is 3. The van der Waals surface area contributed by atoms with Crippen LogP contribution >= 0.6 is 0 Å². The minimum absolute atomic E-state index is 0.106. The second kappa shape index (κ2) is 4.94. The highest BCUT2D eigenvalue weighted by Crippen LogP contribution is 2.32. The number of fused-ring (bicyclic) bond motifs is 1. The van der Waals surface area contributed by atoms with Crippen molar-refractivity contribution in [2.45, 2.75) is 0 Å². The molecule has 5 heteroatoms. The van der Waals surface area contributed by atoms with Gasteiger partial charge in [0.1, 0.15) is 23.9 Å². The summed E-state index contributed by atoms with van der Waals surface area (Å²) in [7, 11) is 0. The maximum Gasteiger partial charge on any atom is 0.178 e. The molecule has 0 spiro atoms. The zero-order valence-corrected chi connectivity index (χ0v) is 10.5. The molecule has 2 heterocycles. The third kappa shape index (κ3) is 2.15. The van der Waals surface area contributed by atoms with Gasteiger partial charge in [-0.3, -0.25) is 0 Å². The van der Waals surface area contributed by atoms with E-state index in [0.29, 0.717) is 17.2 Å². The molecule has 0 bridgehead atoms. The van der Waals surface area contributed by atoms with Gasteiger partial charge in [0.15, 0.2) is 5.65 Å². The highest BCUT2D eigenvalue weighted by Gasteiger charge is 2.12. The molecule has 0 aliphatic rings. The van der Waals surface area contributed by atoms with Crippen LogP contribution < -0.4 is 4.74 Å². The molecular formula is C15H11N3O2. The Morgan fingerprint density at radius 1 is 1.35 bits per heavy atom. The molecule has 2 aromatic heterocycles. The third-order valence-electron chi connectivity index (χ3n) is 2.79. The highest BCUT2D eigenvalue weighted by molar-refractivity contribution is 5.77. The smallest absolute Gasteiger partial charge is 0.178 e. The van der Waals surface area contributed by atoms with Gasteiger partial charge in [0, 0.05) is 12.3 Å². The van der Waals surface area contributed by atoms with Gasteiger partial charge in [-0.1, -0.05) is 5.92 Å². The van der Waals surface area contributed by atoms with Crippen molar-refractivity contribution in [2.75, 3.05) is 6.61 Å². The van der Waals surface area contributed by atoms with Crippen LogP contribution in [0.3, 0.4) is 0 Å². The maximum atomic E-state index is 9.55. The van der Waals surface area contributed by atoms with Crippen LogP contribution in [0.1, 0.15) is 0 Å². The Kier molecular flexibility index (Phi) is 2.98. The molecule has 2 N–H and O–H groups in total. The SMILES string of the molecule is C#CCOc1cc(O)ccc1-c1nc2ncccc2[nH]1. The molecule has 0 fully saturated rings. The van der Waals surface area contributed by atoms with E-state index in [9.17, 15) is 5.11 Å². The average molecular weight is 265 g/mol. The van der Waals surface area contributed by atoms with Gasteiger partial charge in [-0.25, -0.2) is 9.97 Å². The summed E-state index contributed by atoms with van der Waals surface area (Å²) in [5.74, 6) is 3.59. The number of hydrogen-bond donors (Lipinski definition) is 2. The lowest BCUT2D eigenvalue weighted by Crippen LogP contribution is -1.96. The molecule has 1 aromatic carbocycles. The van der Waals surface area contributed by atoms with Gasteiger partial charge in [0.05, 0.1) is 11.1 Å². The lowest BCUT2D eigenvalue weighted by Gasteiger charge is -2.08. The van der Waals surface area contributed by atoms with E-state index in [4.69, 9.17) is 11.2 Å². The molecule has 0 aliphatic carbocycles. The predicted molar refractivity (Wildman–Crippen MR) is 75.3 cm³/mol. The van der Waals surface area contributed by atoms with Crippen molar-refractivity contribution in [1.82, 2.24) is 15.0 Å². The number of nitrogens with zero attached hydrogens (tertiary/aromatic N) is 2. The fourth-order valence-electron chi connectivity index (χ4n) is 1.92. The normalized spacial score (nSPS) is 10.3. The Morgan fingerprint density at radius 2 is 2.25 bits per heavy atom. The van der Waals surface area contributed by atoms with Gasteiger partial charge in [-0.2, -0.15) is 0 Å². The third-order valence-corrected chi connectivity index (χ3v) is 2.79. The Balaban J connectivity index is 2.10. The summed E-state index contributed by atoms with van der Waals surface area (Å²) in [5.41, 5.74) is 2.17. The highest BCUT2D eigenvalue weighted by atomic mass is 16.5. The first-order valence-electron chi connectivity index (χ1n) is 5.98. The Hall–Kier alpha value is -3.00. The number of phenolic OH excluding ortho intramolecular Hbond substituents is 1. The summed E-state index contributed by atoms with van der Waals surface area (Å²) in [5, 5.41) is 9.55. The quantitative estimate of drug-likeness (QED) is 0.713. The Labute approximate surface area is 115 Å². The first kappa shape index (κ1) is 12.1. The van der Waals surface area contributed by atoms with E-state index < -0.39 is 0 Å². The summed E-state index contributed by atoms with van der Waals surface area (Å²) in [4.78, 5) is 11.7. The number of aromatic amines is 1. The number of hydrogen-bond acceptors (Lipinski definition) is 4. The van der Waals surface area contributed by atoms with Crippen LogP contribution in [-0.2, 0) is 0 Å². The topological polar surface area (TPSA) is 71.0 Å². The zero-order valence-electron chi connectivity index (χ0n) is 10.5. The van der Waals surface area contributed by atoms with Crippen LogP contribution in [0.15, 0.2) is 36.5 Å². The minimum atomic E-state index is 0.106. The summed E-state index contributed by atoms with van der Waals surface area (Å²) in [6.45, 7) is 0.120. The number of ether oxygens (including phenoxy) is 1. The fourth-order valence-corrected chi connectivity index (χ4v) is 1.92. The molecule has 5 nitrogen and oxygen atoms in total. The lowest BCUT2D eigenvalue weighted by molar-refractivity contribution is 0.368. The second-order valence-corrected chi connectivity index (χ2v) is 4.13. The van der Waals surface area contributed by atoms with Crippen LogP contribution in [0, 0.1) is 12.3 Å². The standard InChI is InChI=1S/C15H11N3O2/c1-2-8-20-13-9-10(19)5-6-11(13)14-17-12-4-3-7-16-15(12)18-14/h1,3-7,9,19H,8H2,(H,16,17,18). The first-order chi connectivity index (χ1) is 9.78. The van der Waals surface area contributed by atoms with Crippen LogP contribution in [-0.4, -0.2) is 26.7 Å². The number of nitrogens with one attached hydrogen (secondary N) is 1. The number of rotatable bonds is 3. The van der Waals surface area contributed by atoms with Crippen LogP contribution in [0.5, 0.6) is 11.5 Å². The first-order valence-corrected chi connectivity index (χ1v) is 5.98. The molecule has 0 saturated carbocycles. The monoisotopic (exact) mass is 265 g/mol. The van der Waals surface area contributed by atoms with Gasteiger partial charge >= 0.3 is 0 Å². The zero-order chi connectivity index (χ0) is 13.9. The molecule has 20 heavy (non-hydrogen) atoms. The van der Waals surface area contributed by atoms with Gasteiger partial charge in [-0.05, 0) is 24.3 Å². The van der Waals surface area contributed by atoms with E-state index in [1.54, 1.807) is 18.3 Å². The number of imidazole rings is 1. The number of aromatic hydroxyl groups is 1. The maximum absolute atomic E-state index is 9.55. The van der Waals surface area contributed by atoms with E-state index in [-0.39, 0.29) is 12.4 Å². The van der Waals surface area contributed by atoms with E-state index >= 15 is 0 Å². The number of benzene rings is 1. The molecule has 0 amide bonds. The molecule has 0 aliphatic heterocycles. The van der Waals surface area contributed by atoms with Crippen molar-refractivity contribution in [3.8, 4) is 35.2 Å². The number of H-pyrrole nitrogens is 1. The van der Waals surface area contributed by atoms with Crippen molar-refractivity contribution in [2.24, 2.45) is 0 Å². The van der Waals surface area contributed by atoms with Crippen molar-refractivity contribution in [1.29, 1.82) is 0 Å². The van der Waals surface area contributed by atoms with Gasteiger partial charge in [-0.15, -0.1) is 6.42 Å². The van der Waals surface area contributed by atoms with Crippen molar-refractivity contribution in [3.63, 3.8) is 0 Å². The number of phenols is 1. The Bertz CT molecular complexity index is 769. The molecule has 3 aromatic rings. The minimum Gasteiger partial charge on any atom is -0.508 e. The Morgan fingerprint density at radius 3 is 3.05 bits per heavy atom. The number of terminal acetylenes is 1. The lowest BCUT2D eigenvalue weighted by atomic mass is 10.2. The summed E-state index contributed by atoms with van der Waals surface area (Å²) < 4.78 is 5.44. The molecule has 3 rings (SSSR count). The predicted octanol–water partition coefficient (Wildman–Crippen LogP) is 2.34. The summed E-state index contributed by atoms with van der Waals surface area (Å²) in [6.07, 6.45) is 6.87. The van der Waals surface area contributed by atoms with E-state index in [1.807, 2.05) is 12.1 Å². The van der Waals surface area contributed by atoms with Crippen molar-refractivity contribution < 1.29 is 9.84 Å². The largest absolute Gasteiger partial charge is 0.508 e. The van der Waals surface area contributed by atoms with Gasteiger partial charge in [0.2, 0.25) is 0 Å². The molecule has 0 saturated heterocycles. The summed E-state index contributed by atoms with van der Waals surface area (Å²) in [6, 6.07) is 8.52. The van der Waals surface area contributed by atoms with Gasteiger partial charge < -0.3 is 14.8 Å². The van der Waals surface area contributed by atoms with Crippen LogP contribution in [0.4, 0.5) is 0 Å². The molecule has 0 radical (unpaired) electrons.